The van der Waals surface area contributed by atoms with E-state index in [4.69, 9.17) is 18.9 Å². The number of nitrogens with zero attached hydrogens (tertiary/aromatic N) is 1. The second-order valence-corrected chi connectivity index (χ2v) is 7.76. The normalized spacial score (nSPS) is 15.9. The summed E-state index contributed by atoms with van der Waals surface area (Å²) in [6, 6.07) is 12.9. The molecule has 0 spiro atoms. The highest BCUT2D eigenvalue weighted by molar-refractivity contribution is 6.10. The molecule has 172 valence electrons. The van der Waals surface area contributed by atoms with Gasteiger partial charge in [0, 0.05) is 19.6 Å². The van der Waals surface area contributed by atoms with Crippen molar-refractivity contribution in [3.05, 3.63) is 65.7 Å². The largest absolute Gasteiger partial charge is 0.492 e. The molecule has 0 atom stereocenters. The van der Waals surface area contributed by atoms with Gasteiger partial charge in [0.25, 0.3) is 0 Å². The predicted molar refractivity (Wildman–Crippen MR) is 124 cm³/mol. The molecule has 0 aromatic heterocycles. The molecule has 2 aromatic rings. The molecule has 2 aromatic carbocycles. The van der Waals surface area contributed by atoms with Crippen molar-refractivity contribution < 1.29 is 28.5 Å². The zero-order valence-corrected chi connectivity index (χ0v) is 18.4. The lowest BCUT2D eigenvalue weighted by molar-refractivity contribution is -0.121. The van der Waals surface area contributed by atoms with Crippen LogP contribution < -0.4 is 14.2 Å². The van der Waals surface area contributed by atoms with E-state index in [1.54, 1.807) is 24.3 Å². The first-order valence-electron chi connectivity index (χ1n) is 11.0. The Morgan fingerprint density at radius 1 is 0.879 bits per heavy atom. The smallest absolute Gasteiger partial charge is 0.231 e. The summed E-state index contributed by atoms with van der Waals surface area (Å²) in [6.07, 6.45) is 6.03. The Labute approximate surface area is 193 Å². The van der Waals surface area contributed by atoms with E-state index in [9.17, 15) is 9.59 Å². The molecular formula is C26H27NO6. The lowest BCUT2D eigenvalue weighted by Crippen LogP contribution is -2.38. The average molecular weight is 450 g/mol. The third-order valence-corrected chi connectivity index (χ3v) is 5.33. The van der Waals surface area contributed by atoms with Crippen LogP contribution in [0.4, 0.5) is 0 Å². The Bertz CT molecular complexity index is 1020. The van der Waals surface area contributed by atoms with Crippen molar-refractivity contribution in [3.63, 3.8) is 0 Å². The van der Waals surface area contributed by atoms with Gasteiger partial charge in [-0.3, -0.25) is 14.5 Å². The molecule has 4 rings (SSSR count). The van der Waals surface area contributed by atoms with Crippen molar-refractivity contribution >= 4 is 23.7 Å². The van der Waals surface area contributed by atoms with Crippen molar-refractivity contribution in [2.45, 2.75) is 6.42 Å². The molecule has 33 heavy (non-hydrogen) atoms. The van der Waals surface area contributed by atoms with Gasteiger partial charge < -0.3 is 18.9 Å². The van der Waals surface area contributed by atoms with E-state index >= 15 is 0 Å². The summed E-state index contributed by atoms with van der Waals surface area (Å²) in [5.41, 5.74) is 1.68. The summed E-state index contributed by atoms with van der Waals surface area (Å²) in [5, 5.41) is 0. The Balaban J connectivity index is 1.19. The average Bonchev–Trinajstić information content (AvgIpc) is 3.31. The third kappa shape index (κ3) is 7.03. The highest BCUT2D eigenvalue weighted by Gasteiger charge is 2.12. The minimum atomic E-state index is -0.258. The van der Waals surface area contributed by atoms with Crippen LogP contribution in [0.1, 0.15) is 17.5 Å². The number of morpholine rings is 1. The lowest BCUT2D eigenvalue weighted by Gasteiger charge is -2.26. The van der Waals surface area contributed by atoms with Gasteiger partial charge in [-0.1, -0.05) is 30.4 Å². The van der Waals surface area contributed by atoms with Crippen molar-refractivity contribution in [2.75, 3.05) is 46.2 Å². The van der Waals surface area contributed by atoms with Gasteiger partial charge in [0.1, 0.15) is 12.4 Å². The molecule has 0 amide bonds. The first-order chi connectivity index (χ1) is 16.2. The molecule has 0 unspecified atom stereocenters. The Kier molecular flexibility index (Phi) is 7.90. The fourth-order valence-corrected chi connectivity index (χ4v) is 3.48. The number of allylic oxidation sites excluding steroid dienone is 2. The molecule has 0 N–H and O–H groups in total. The van der Waals surface area contributed by atoms with Gasteiger partial charge in [0.15, 0.2) is 23.1 Å². The molecule has 0 bridgehead atoms. The van der Waals surface area contributed by atoms with Crippen LogP contribution in [0, 0.1) is 0 Å². The minimum absolute atomic E-state index is 0.180. The summed E-state index contributed by atoms with van der Waals surface area (Å²) in [6.45, 7) is 5.14. The first kappa shape index (κ1) is 22.8. The van der Waals surface area contributed by atoms with Crippen LogP contribution in [0.15, 0.2) is 54.6 Å². The van der Waals surface area contributed by atoms with Crippen molar-refractivity contribution in [1.29, 1.82) is 0 Å². The van der Waals surface area contributed by atoms with Crippen LogP contribution in [-0.2, 0) is 14.3 Å². The highest BCUT2D eigenvalue weighted by Crippen LogP contribution is 2.32. The van der Waals surface area contributed by atoms with E-state index in [0.29, 0.717) is 18.1 Å². The molecule has 0 saturated carbocycles. The topological polar surface area (TPSA) is 74.3 Å². The summed E-state index contributed by atoms with van der Waals surface area (Å²) in [4.78, 5) is 26.6. The summed E-state index contributed by atoms with van der Waals surface area (Å²) in [7, 11) is 0. The molecule has 0 aliphatic carbocycles. The van der Waals surface area contributed by atoms with E-state index < -0.39 is 0 Å². The van der Waals surface area contributed by atoms with E-state index in [2.05, 4.69) is 4.90 Å². The number of rotatable bonds is 10. The van der Waals surface area contributed by atoms with Crippen LogP contribution in [-0.4, -0.2) is 62.7 Å². The van der Waals surface area contributed by atoms with Crippen molar-refractivity contribution in [2.24, 2.45) is 0 Å². The van der Waals surface area contributed by atoms with Gasteiger partial charge in [-0.05, 0) is 47.5 Å². The maximum atomic E-state index is 12.1. The Morgan fingerprint density at radius 3 is 2.30 bits per heavy atom. The monoisotopic (exact) mass is 449 g/mol. The number of hydrogen-bond donors (Lipinski definition) is 0. The fraction of sp³-hybridized carbons (Fsp3) is 0.308. The number of hydrogen-bond acceptors (Lipinski definition) is 7. The summed E-state index contributed by atoms with van der Waals surface area (Å²) in [5.74, 6) is 1.62. The van der Waals surface area contributed by atoms with E-state index in [0.717, 1.165) is 49.7 Å². The number of carbonyl (C=O) groups is 2. The van der Waals surface area contributed by atoms with Crippen LogP contribution in [0.3, 0.4) is 0 Å². The van der Waals surface area contributed by atoms with Crippen LogP contribution in [0.2, 0.25) is 0 Å². The fourth-order valence-electron chi connectivity index (χ4n) is 3.48. The van der Waals surface area contributed by atoms with E-state index in [1.165, 1.54) is 12.2 Å². The Morgan fingerprint density at radius 2 is 1.55 bits per heavy atom. The van der Waals surface area contributed by atoms with Gasteiger partial charge >= 0.3 is 0 Å². The molecule has 2 aliphatic rings. The van der Waals surface area contributed by atoms with Gasteiger partial charge in [-0.25, -0.2) is 0 Å². The summed E-state index contributed by atoms with van der Waals surface area (Å²) < 4.78 is 21.7. The number of benzene rings is 2. The van der Waals surface area contributed by atoms with E-state index in [1.807, 2.05) is 30.3 Å². The second-order valence-electron chi connectivity index (χ2n) is 7.76. The molecule has 1 fully saturated rings. The maximum absolute atomic E-state index is 12.1. The predicted octanol–water partition coefficient (Wildman–Crippen LogP) is 3.38. The zero-order valence-electron chi connectivity index (χ0n) is 18.4. The minimum Gasteiger partial charge on any atom is -0.492 e. The number of fused-ring (bicyclic) bond motifs is 1. The van der Waals surface area contributed by atoms with Crippen molar-refractivity contribution in [3.8, 4) is 17.2 Å². The quantitative estimate of drug-likeness (QED) is 0.407. The molecule has 7 heteroatoms. The van der Waals surface area contributed by atoms with Crippen molar-refractivity contribution in [1.82, 2.24) is 4.90 Å². The first-order valence-corrected chi connectivity index (χ1v) is 11.0. The van der Waals surface area contributed by atoms with Gasteiger partial charge in [0.2, 0.25) is 6.79 Å². The molecule has 2 heterocycles. The maximum Gasteiger partial charge on any atom is 0.231 e. The lowest BCUT2D eigenvalue weighted by atomic mass is 10.1. The number of carbonyl (C=O) groups excluding carboxylic acids is 2. The number of ketones is 2. The SMILES string of the molecule is O=C(C=Cc1ccc(OCCN2CCOCC2)cc1)CC(=O)C=Cc1ccc2c(c1)OCO2. The third-order valence-electron chi connectivity index (χ3n) is 5.33. The molecule has 1 saturated heterocycles. The van der Waals surface area contributed by atoms with E-state index in [-0.39, 0.29) is 24.8 Å². The van der Waals surface area contributed by atoms with Crippen LogP contribution >= 0.6 is 0 Å². The Hall–Kier alpha value is -3.42. The van der Waals surface area contributed by atoms with Gasteiger partial charge in [0.05, 0.1) is 19.6 Å². The number of ether oxygens (including phenoxy) is 4. The molecular weight excluding hydrogens is 422 g/mol. The van der Waals surface area contributed by atoms with Crippen LogP contribution in [0.25, 0.3) is 12.2 Å². The van der Waals surface area contributed by atoms with Gasteiger partial charge in [-0.15, -0.1) is 0 Å². The molecule has 7 nitrogen and oxygen atoms in total. The zero-order chi connectivity index (χ0) is 22.9. The molecule has 0 radical (unpaired) electrons. The second kappa shape index (κ2) is 11.4. The molecule has 2 aliphatic heterocycles. The summed E-state index contributed by atoms with van der Waals surface area (Å²) >= 11 is 0. The highest BCUT2D eigenvalue weighted by atomic mass is 16.7. The van der Waals surface area contributed by atoms with Gasteiger partial charge in [-0.2, -0.15) is 0 Å². The van der Waals surface area contributed by atoms with Crippen LogP contribution in [0.5, 0.6) is 17.2 Å². The standard InChI is InChI=1S/C26H27NO6/c28-22(18-23(29)7-2-21-5-10-25-26(17-21)33-19-32-25)6-1-20-3-8-24(9-4-20)31-16-13-27-11-14-30-15-12-27/h1-10,17H,11-16,18-19H2.